The number of aliphatic hydroxyl groups is 1. The van der Waals surface area contributed by atoms with E-state index in [1.165, 1.54) is 7.11 Å². The highest BCUT2D eigenvalue weighted by Gasteiger charge is 2.44. The molecular weight excluding hydrogens is 312 g/mol. The van der Waals surface area contributed by atoms with Crippen LogP contribution in [-0.2, 0) is 10.2 Å². The number of amides is 1. The van der Waals surface area contributed by atoms with Crippen LogP contribution in [-0.4, -0.2) is 41.7 Å². The first-order chi connectivity index (χ1) is 11.1. The van der Waals surface area contributed by atoms with Crippen molar-refractivity contribution >= 4 is 11.8 Å². The molecule has 7 nitrogen and oxygen atoms in total. The van der Waals surface area contributed by atoms with Crippen molar-refractivity contribution in [2.24, 2.45) is 5.73 Å². The third-order valence-corrected chi connectivity index (χ3v) is 4.19. The molecule has 0 saturated heterocycles. The number of phenols is 1. The number of carbonyl (C=O) groups is 1. The Bertz CT molecular complexity index is 618. The topological polar surface area (TPSA) is 114 Å². The van der Waals surface area contributed by atoms with Crippen LogP contribution in [0.25, 0.3) is 0 Å². The van der Waals surface area contributed by atoms with Gasteiger partial charge in [0.25, 0.3) is 0 Å². The number of phenolic OH excluding ortho intramolecular Hbond substituents is 1. The highest BCUT2D eigenvalue weighted by molar-refractivity contribution is 5.88. The van der Waals surface area contributed by atoms with Crippen LogP contribution in [0.5, 0.6) is 11.5 Å². The van der Waals surface area contributed by atoms with Crippen molar-refractivity contribution in [2.75, 3.05) is 19.0 Å². The zero-order valence-corrected chi connectivity index (χ0v) is 14.5. The van der Waals surface area contributed by atoms with Crippen molar-refractivity contribution < 1.29 is 24.5 Å². The molecule has 2 rings (SSSR count). The van der Waals surface area contributed by atoms with Crippen LogP contribution >= 0.6 is 0 Å². The molecule has 1 saturated carbocycles. The molecular formula is C17H26N2O5. The highest BCUT2D eigenvalue weighted by atomic mass is 16.6. The Morgan fingerprint density at radius 3 is 2.50 bits per heavy atom. The second kappa shape index (κ2) is 6.49. The van der Waals surface area contributed by atoms with E-state index in [1.807, 2.05) is 0 Å². The number of carbonyl (C=O) groups excluding carboxylic acids is 1. The number of hydrogen-bond donors (Lipinski definition) is 4. The van der Waals surface area contributed by atoms with Crippen LogP contribution in [0.3, 0.4) is 0 Å². The predicted molar refractivity (Wildman–Crippen MR) is 90.5 cm³/mol. The summed E-state index contributed by atoms with van der Waals surface area (Å²) in [7, 11) is 1.43. The van der Waals surface area contributed by atoms with Crippen LogP contribution < -0.4 is 15.8 Å². The van der Waals surface area contributed by atoms with Crippen LogP contribution in [0.15, 0.2) is 12.1 Å². The minimum Gasteiger partial charge on any atom is -0.503 e. The molecule has 5 N–H and O–H groups in total. The number of rotatable bonds is 4. The summed E-state index contributed by atoms with van der Waals surface area (Å²) >= 11 is 0. The lowest BCUT2D eigenvalue weighted by molar-refractivity contribution is 0.0220. The lowest BCUT2D eigenvalue weighted by Crippen LogP contribution is -2.49. The molecule has 1 aliphatic carbocycles. The molecule has 1 amide bonds. The molecule has 1 fully saturated rings. The summed E-state index contributed by atoms with van der Waals surface area (Å²) in [6.07, 6.45) is -0.00450. The Kier molecular flexibility index (Phi) is 4.96. The van der Waals surface area contributed by atoms with E-state index < -0.39 is 17.8 Å². The quantitative estimate of drug-likeness (QED) is 0.625. The minimum atomic E-state index is -0.674. The molecule has 0 unspecified atom stereocenters. The molecule has 1 aliphatic rings. The Hall–Kier alpha value is -1.99. The van der Waals surface area contributed by atoms with Gasteiger partial charge in [-0.05, 0) is 51.3 Å². The molecule has 0 bridgehead atoms. The van der Waals surface area contributed by atoms with Gasteiger partial charge >= 0.3 is 6.09 Å². The molecule has 134 valence electrons. The van der Waals surface area contributed by atoms with Gasteiger partial charge < -0.3 is 25.4 Å². The van der Waals surface area contributed by atoms with Gasteiger partial charge in [-0.2, -0.15) is 0 Å². The molecule has 0 aliphatic heterocycles. The maximum atomic E-state index is 12.0. The van der Waals surface area contributed by atoms with Crippen molar-refractivity contribution in [1.29, 1.82) is 0 Å². The number of benzene rings is 1. The van der Waals surface area contributed by atoms with Crippen LogP contribution in [0.1, 0.15) is 39.2 Å². The number of nitrogens with two attached hydrogens (primary N) is 1. The average Bonchev–Trinajstić information content (AvgIpc) is 2.43. The maximum absolute atomic E-state index is 12.0. The number of aromatic hydroxyl groups is 1. The summed E-state index contributed by atoms with van der Waals surface area (Å²) in [6.45, 7) is 5.61. The fraction of sp³-hybridized carbons (Fsp3) is 0.588. The summed E-state index contributed by atoms with van der Waals surface area (Å²) in [5.74, 6) is 0.0481. The maximum Gasteiger partial charge on any atom is 0.412 e. The predicted octanol–water partition coefficient (Wildman–Crippen LogP) is 2.10. The lowest BCUT2D eigenvalue weighted by atomic mass is 9.62. The van der Waals surface area contributed by atoms with Gasteiger partial charge in [-0.3, -0.25) is 5.32 Å². The van der Waals surface area contributed by atoms with Gasteiger partial charge in [0.2, 0.25) is 0 Å². The van der Waals surface area contributed by atoms with Gasteiger partial charge in [-0.25, -0.2) is 4.79 Å². The smallest absolute Gasteiger partial charge is 0.412 e. The average molecular weight is 338 g/mol. The number of anilines is 1. The van der Waals surface area contributed by atoms with Gasteiger partial charge in [0.05, 0.1) is 18.9 Å². The van der Waals surface area contributed by atoms with Crippen molar-refractivity contribution in [1.82, 2.24) is 0 Å². The second-order valence-corrected chi connectivity index (χ2v) is 7.25. The van der Waals surface area contributed by atoms with Crippen molar-refractivity contribution in [3.63, 3.8) is 0 Å². The van der Waals surface area contributed by atoms with Crippen molar-refractivity contribution in [2.45, 2.75) is 50.7 Å². The summed E-state index contributed by atoms with van der Waals surface area (Å²) in [4.78, 5) is 12.0. The molecule has 1 aromatic rings. The van der Waals surface area contributed by atoms with E-state index in [2.05, 4.69) is 5.32 Å². The summed E-state index contributed by atoms with van der Waals surface area (Å²) in [6, 6.07) is 3.34. The molecule has 0 atom stereocenters. The van der Waals surface area contributed by atoms with E-state index in [-0.39, 0.29) is 22.6 Å². The van der Waals surface area contributed by atoms with Crippen LogP contribution in [0, 0.1) is 0 Å². The normalized spacial score (nSPS) is 23.3. The standard InChI is InChI=1S/C17H26N2O5/c1-16(2,3)24-15(22)19-12-5-10(6-13(23-4)14(12)21)17(9-18)7-11(20)8-17/h5-6,11,20-21H,7-9,18H2,1-4H3,(H,19,22). The number of nitrogens with one attached hydrogen (secondary N) is 1. The van der Waals surface area contributed by atoms with E-state index in [4.69, 9.17) is 15.2 Å². The van der Waals surface area contributed by atoms with Gasteiger partial charge in [-0.15, -0.1) is 0 Å². The highest BCUT2D eigenvalue weighted by Crippen LogP contribution is 2.47. The Balaban J connectivity index is 2.34. The summed E-state index contributed by atoms with van der Waals surface area (Å²) in [5.41, 5.74) is 5.85. The number of hydrogen-bond acceptors (Lipinski definition) is 6. The van der Waals surface area contributed by atoms with Gasteiger partial charge in [0.1, 0.15) is 5.60 Å². The van der Waals surface area contributed by atoms with E-state index in [9.17, 15) is 15.0 Å². The van der Waals surface area contributed by atoms with Crippen LogP contribution in [0.2, 0.25) is 0 Å². The SMILES string of the molecule is COc1cc(C2(CN)CC(O)C2)cc(NC(=O)OC(C)(C)C)c1O. The molecule has 7 heteroatoms. The third-order valence-electron chi connectivity index (χ3n) is 4.19. The van der Waals surface area contributed by atoms with Crippen molar-refractivity contribution in [3.05, 3.63) is 17.7 Å². The molecule has 0 aromatic heterocycles. The van der Waals surface area contributed by atoms with Gasteiger partial charge in [-0.1, -0.05) is 0 Å². The van der Waals surface area contributed by atoms with Crippen molar-refractivity contribution in [3.8, 4) is 11.5 Å². The zero-order valence-electron chi connectivity index (χ0n) is 14.5. The molecule has 0 radical (unpaired) electrons. The first-order valence-corrected chi connectivity index (χ1v) is 7.90. The fourth-order valence-corrected chi connectivity index (χ4v) is 2.94. The zero-order chi connectivity index (χ0) is 18.1. The molecule has 0 heterocycles. The molecule has 1 aromatic carbocycles. The Morgan fingerprint density at radius 2 is 2.04 bits per heavy atom. The number of ether oxygens (including phenoxy) is 2. The number of methoxy groups -OCH3 is 1. The first-order valence-electron chi connectivity index (χ1n) is 7.90. The largest absolute Gasteiger partial charge is 0.503 e. The Labute approximate surface area is 141 Å². The molecule has 0 spiro atoms. The number of aliphatic hydroxyl groups excluding tert-OH is 1. The van der Waals surface area contributed by atoms with E-state index in [1.54, 1.807) is 32.9 Å². The second-order valence-electron chi connectivity index (χ2n) is 7.25. The monoisotopic (exact) mass is 338 g/mol. The lowest BCUT2D eigenvalue weighted by Gasteiger charge is -2.45. The third kappa shape index (κ3) is 3.73. The molecule has 24 heavy (non-hydrogen) atoms. The van der Waals surface area contributed by atoms with E-state index in [0.717, 1.165) is 5.56 Å². The van der Waals surface area contributed by atoms with E-state index >= 15 is 0 Å². The first kappa shape index (κ1) is 18.4. The summed E-state index contributed by atoms with van der Waals surface area (Å²) in [5, 5.41) is 22.5. The van der Waals surface area contributed by atoms with E-state index in [0.29, 0.717) is 19.4 Å². The fourth-order valence-electron chi connectivity index (χ4n) is 2.94. The summed E-state index contributed by atoms with van der Waals surface area (Å²) < 4.78 is 10.4. The van der Waals surface area contributed by atoms with Gasteiger partial charge in [0, 0.05) is 12.0 Å². The Morgan fingerprint density at radius 1 is 1.42 bits per heavy atom. The minimum absolute atomic E-state index is 0.181. The van der Waals surface area contributed by atoms with Gasteiger partial charge in [0.15, 0.2) is 11.5 Å². The van der Waals surface area contributed by atoms with Crippen LogP contribution in [0.4, 0.5) is 10.5 Å².